The normalized spacial score (nSPS) is 10.1. The minimum atomic E-state index is -1.94. The summed E-state index contributed by atoms with van der Waals surface area (Å²) in [6.45, 7) is 0.194. The Morgan fingerprint density at radius 1 is 1.20 bits per heavy atom. The van der Waals surface area contributed by atoms with Gasteiger partial charge in [-0.05, 0) is 18.5 Å². The van der Waals surface area contributed by atoms with Gasteiger partial charge in [0.25, 0.3) is 5.91 Å². The van der Waals surface area contributed by atoms with E-state index < -0.39 is 40.4 Å². The monoisotopic (exact) mass is 291 g/mol. The average Bonchev–Trinajstić information content (AvgIpc) is 2.42. The molecular weight excluding hydrogens is 282 g/mol. The van der Waals surface area contributed by atoms with E-state index in [1.807, 2.05) is 4.91 Å². The lowest BCUT2D eigenvalue weighted by Gasteiger charge is -2.09. The zero-order valence-corrected chi connectivity index (χ0v) is 9.96. The predicted octanol–water partition coefficient (Wildman–Crippen LogP) is 2.26. The number of nitrogens with two attached hydrogens (primary N) is 1. The number of nitrogens with zero attached hydrogens (tertiary/aromatic N) is 3. The van der Waals surface area contributed by atoms with Crippen molar-refractivity contribution in [3.63, 3.8) is 0 Å². The summed E-state index contributed by atoms with van der Waals surface area (Å²) < 4.78 is 53.9. The van der Waals surface area contributed by atoms with Crippen LogP contribution in [0.25, 0.3) is 10.4 Å². The molecule has 0 spiro atoms. The van der Waals surface area contributed by atoms with Gasteiger partial charge in [-0.2, -0.15) is 0 Å². The fraction of sp³-hybridized carbons (Fsp3) is 0.300. The molecule has 0 fully saturated rings. The van der Waals surface area contributed by atoms with E-state index in [-0.39, 0.29) is 13.1 Å². The van der Waals surface area contributed by atoms with Crippen LogP contribution in [0.1, 0.15) is 16.8 Å². The standard InChI is InChI=1S/C10H9F4N5O/c11-5-4(10(20)17-3-1-2-15)6(12)8(14)9(7(5)13)18-19-16/h1-3,15H2,(H,17,20). The quantitative estimate of drug-likeness (QED) is 0.217. The molecule has 3 N–H and O–H groups in total. The Bertz CT molecular complexity index is 556. The highest BCUT2D eigenvalue weighted by molar-refractivity contribution is 5.95. The Morgan fingerprint density at radius 3 is 2.20 bits per heavy atom. The average molecular weight is 291 g/mol. The number of benzene rings is 1. The highest BCUT2D eigenvalue weighted by Crippen LogP contribution is 2.30. The van der Waals surface area contributed by atoms with Crippen molar-refractivity contribution in [3.05, 3.63) is 39.3 Å². The topological polar surface area (TPSA) is 104 Å². The van der Waals surface area contributed by atoms with Crippen LogP contribution in [0.3, 0.4) is 0 Å². The first-order chi connectivity index (χ1) is 9.45. The van der Waals surface area contributed by atoms with E-state index in [1.54, 1.807) is 0 Å². The molecule has 20 heavy (non-hydrogen) atoms. The summed E-state index contributed by atoms with van der Waals surface area (Å²) in [6, 6.07) is 0. The molecule has 1 aromatic carbocycles. The van der Waals surface area contributed by atoms with Crippen molar-refractivity contribution in [2.75, 3.05) is 13.1 Å². The molecule has 0 bridgehead atoms. The Hall–Kier alpha value is -2.32. The number of nitrogens with one attached hydrogen (secondary N) is 1. The molecule has 1 aromatic rings. The Labute approximate surface area is 110 Å². The van der Waals surface area contributed by atoms with Crippen molar-refractivity contribution in [3.8, 4) is 0 Å². The fourth-order valence-corrected chi connectivity index (χ4v) is 1.34. The summed E-state index contributed by atoms with van der Waals surface area (Å²) in [5, 5.41) is 4.56. The van der Waals surface area contributed by atoms with Gasteiger partial charge < -0.3 is 11.1 Å². The van der Waals surface area contributed by atoms with E-state index in [9.17, 15) is 22.4 Å². The van der Waals surface area contributed by atoms with Gasteiger partial charge >= 0.3 is 0 Å². The van der Waals surface area contributed by atoms with Crippen molar-refractivity contribution in [2.24, 2.45) is 10.8 Å². The van der Waals surface area contributed by atoms with Gasteiger partial charge in [0.2, 0.25) is 0 Å². The first-order valence-electron chi connectivity index (χ1n) is 5.35. The van der Waals surface area contributed by atoms with Crippen molar-refractivity contribution in [1.29, 1.82) is 0 Å². The summed E-state index contributed by atoms with van der Waals surface area (Å²) in [6.07, 6.45) is 0.316. The zero-order valence-electron chi connectivity index (χ0n) is 9.96. The zero-order chi connectivity index (χ0) is 15.3. The minimum Gasteiger partial charge on any atom is -0.352 e. The molecule has 0 saturated heterocycles. The van der Waals surface area contributed by atoms with E-state index in [1.165, 1.54) is 0 Å². The molecule has 0 radical (unpaired) electrons. The number of azide groups is 1. The van der Waals surface area contributed by atoms with Crippen molar-refractivity contribution in [1.82, 2.24) is 5.32 Å². The molecule has 108 valence electrons. The van der Waals surface area contributed by atoms with Crippen LogP contribution < -0.4 is 11.1 Å². The highest BCUT2D eigenvalue weighted by Gasteiger charge is 2.28. The molecule has 1 rings (SSSR count). The Kier molecular flexibility index (Phi) is 5.30. The van der Waals surface area contributed by atoms with Gasteiger partial charge in [-0.15, -0.1) is 0 Å². The lowest BCUT2D eigenvalue weighted by Crippen LogP contribution is -2.28. The second kappa shape index (κ2) is 6.73. The number of halogens is 4. The maximum Gasteiger partial charge on any atom is 0.257 e. The van der Waals surface area contributed by atoms with Crippen molar-refractivity contribution in [2.45, 2.75) is 6.42 Å². The van der Waals surface area contributed by atoms with Crippen LogP contribution in [0.2, 0.25) is 0 Å². The van der Waals surface area contributed by atoms with Crippen LogP contribution in [-0.2, 0) is 0 Å². The van der Waals surface area contributed by atoms with E-state index in [0.717, 1.165) is 0 Å². The number of amides is 1. The lowest BCUT2D eigenvalue weighted by molar-refractivity contribution is 0.0942. The van der Waals surface area contributed by atoms with E-state index in [2.05, 4.69) is 10.4 Å². The van der Waals surface area contributed by atoms with Crippen LogP contribution in [0, 0.1) is 23.3 Å². The predicted molar refractivity (Wildman–Crippen MR) is 61.1 cm³/mol. The number of rotatable bonds is 5. The molecule has 0 aliphatic rings. The SMILES string of the molecule is [N-]=[N+]=Nc1c(F)c(F)c(C(=O)NCCCN)c(F)c1F. The Balaban J connectivity index is 3.28. The van der Waals surface area contributed by atoms with E-state index >= 15 is 0 Å². The molecule has 0 atom stereocenters. The van der Waals surface area contributed by atoms with Crippen molar-refractivity contribution < 1.29 is 22.4 Å². The van der Waals surface area contributed by atoms with Crippen LogP contribution in [0.4, 0.5) is 23.2 Å². The number of hydrogen-bond donors (Lipinski definition) is 2. The molecule has 1 amide bonds. The fourth-order valence-electron chi connectivity index (χ4n) is 1.34. The third-order valence-electron chi connectivity index (χ3n) is 2.28. The smallest absolute Gasteiger partial charge is 0.257 e. The van der Waals surface area contributed by atoms with Gasteiger partial charge in [0.05, 0.1) is 0 Å². The van der Waals surface area contributed by atoms with Gasteiger partial charge in [0, 0.05) is 11.5 Å². The number of hydrogen-bond acceptors (Lipinski definition) is 3. The van der Waals surface area contributed by atoms with Crippen LogP contribution >= 0.6 is 0 Å². The van der Waals surface area contributed by atoms with Crippen LogP contribution in [0.5, 0.6) is 0 Å². The molecular formula is C10H9F4N5O. The largest absolute Gasteiger partial charge is 0.352 e. The number of carbonyl (C=O) groups excluding carboxylic acids is 1. The third kappa shape index (κ3) is 2.98. The third-order valence-corrected chi connectivity index (χ3v) is 2.28. The van der Waals surface area contributed by atoms with E-state index in [0.29, 0.717) is 6.42 Å². The maximum absolute atomic E-state index is 13.5. The summed E-state index contributed by atoms with van der Waals surface area (Å²) in [4.78, 5) is 13.5. The molecule has 0 unspecified atom stereocenters. The van der Waals surface area contributed by atoms with Gasteiger partial charge in [0.15, 0.2) is 23.3 Å². The van der Waals surface area contributed by atoms with Crippen LogP contribution in [-0.4, -0.2) is 19.0 Å². The molecule has 0 heterocycles. The first-order valence-corrected chi connectivity index (χ1v) is 5.35. The lowest BCUT2D eigenvalue weighted by atomic mass is 10.1. The summed E-state index contributed by atoms with van der Waals surface area (Å²) in [5.41, 5.74) is 10.3. The van der Waals surface area contributed by atoms with Gasteiger partial charge in [0.1, 0.15) is 11.3 Å². The minimum absolute atomic E-state index is 0.0183. The Morgan fingerprint density at radius 2 is 1.75 bits per heavy atom. The van der Waals surface area contributed by atoms with Gasteiger partial charge in [-0.1, -0.05) is 5.11 Å². The van der Waals surface area contributed by atoms with Crippen molar-refractivity contribution >= 4 is 11.6 Å². The molecule has 10 heteroatoms. The summed E-state index contributed by atoms with van der Waals surface area (Å²) >= 11 is 0. The first kappa shape index (κ1) is 15.7. The summed E-state index contributed by atoms with van der Waals surface area (Å²) in [7, 11) is 0. The summed E-state index contributed by atoms with van der Waals surface area (Å²) in [5.74, 6) is -9.08. The maximum atomic E-state index is 13.5. The molecule has 0 aliphatic heterocycles. The highest BCUT2D eigenvalue weighted by atomic mass is 19.2. The van der Waals surface area contributed by atoms with Gasteiger partial charge in [-0.25, -0.2) is 17.6 Å². The second-order valence-corrected chi connectivity index (χ2v) is 3.57. The molecule has 0 saturated carbocycles. The second-order valence-electron chi connectivity index (χ2n) is 3.57. The van der Waals surface area contributed by atoms with Gasteiger partial charge in [-0.3, -0.25) is 4.79 Å². The molecule has 0 aromatic heterocycles. The van der Waals surface area contributed by atoms with Crippen LogP contribution in [0.15, 0.2) is 5.11 Å². The van der Waals surface area contributed by atoms with E-state index in [4.69, 9.17) is 11.3 Å². The molecule has 0 aliphatic carbocycles. The number of carbonyl (C=O) groups is 1. The molecule has 6 nitrogen and oxygen atoms in total.